The van der Waals surface area contributed by atoms with Crippen molar-refractivity contribution >= 4 is 22.9 Å². The van der Waals surface area contributed by atoms with E-state index >= 15 is 0 Å². The number of aryl methyl sites for hydroxylation is 1. The summed E-state index contributed by atoms with van der Waals surface area (Å²) in [5.41, 5.74) is 2.21. The zero-order valence-corrected chi connectivity index (χ0v) is 17.9. The molecule has 2 aromatic heterocycles. The number of methoxy groups -OCH3 is 1. The largest absolute Gasteiger partial charge is 0.497 e. The van der Waals surface area contributed by atoms with Crippen LogP contribution >= 0.6 is 0 Å². The number of aromatic nitrogens is 3. The molecule has 1 saturated heterocycles. The number of hydrogen-bond donors (Lipinski definition) is 1. The number of carbonyl (C=O) groups is 1. The maximum atomic E-state index is 13.0. The number of nitrogens with zero attached hydrogens (tertiary/aromatic N) is 4. The van der Waals surface area contributed by atoms with Crippen molar-refractivity contribution in [1.29, 1.82) is 0 Å². The first kappa shape index (κ1) is 20.8. The molecule has 0 bridgehead atoms. The highest BCUT2D eigenvalue weighted by Crippen LogP contribution is 2.22. The highest BCUT2D eigenvalue weighted by atomic mass is 16.5. The Kier molecular flexibility index (Phi) is 6.16. The molecule has 1 aromatic carbocycles. The quantitative estimate of drug-likeness (QED) is 0.657. The Morgan fingerprint density at radius 2 is 1.94 bits per heavy atom. The SMILES string of the molecule is CCn1c(=O)c(N2CCC(C(=O)NCc3ccc(OC)cc3)CC2)nc2cccnc21. The van der Waals surface area contributed by atoms with E-state index in [2.05, 4.69) is 15.3 Å². The molecule has 1 fully saturated rings. The van der Waals surface area contributed by atoms with Crippen LogP contribution in [-0.4, -0.2) is 40.6 Å². The Labute approximate surface area is 180 Å². The van der Waals surface area contributed by atoms with E-state index in [1.807, 2.05) is 48.2 Å². The predicted octanol–water partition coefficient (Wildman–Crippen LogP) is 2.35. The van der Waals surface area contributed by atoms with Crippen molar-refractivity contribution in [3.8, 4) is 5.75 Å². The van der Waals surface area contributed by atoms with Gasteiger partial charge in [-0.25, -0.2) is 9.97 Å². The lowest BCUT2D eigenvalue weighted by Gasteiger charge is -2.32. The fraction of sp³-hybridized carbons (Fsp3) is 0.391. The van der Waals surface area contributed by atoms with Crippen LogP contribution in [0.1, 0.15) is 25.3 Å². The average molecular weight is 422 g/mol. The summed E-state index contributed by atoms with van der Waals surface area (Å²) in [6.07, 6.45) is 3.05. The Balaban J connectivity index is 1.39. The van der Waals surface area contributed by atoms with Crippen LogP contribution in [0.15, 0.2) is 47.4 Å². The lowest BCUT2D eigenvalue weighted by molar-refractivity contribution is -0.125. The Morgan fingerprint density at radius 1 is 1.19 bits per heavy atom. The van der Waals surface area contributed by atoms with Gasteiger partial charge in [-0.05, 0) is 49.6 Å². The summed E-state index contributed by atoms with van der Waals surface area (Å²) < 4.78 is 6.82. The van der Waals surface area contributed by atoms with E-state index in [0.29, 0.717) is 56.0 Å². The average Bonchev–Trinajstić information content (AvgIpc) is 2.82. The summed E-state index contributed by atoms with van der Waals surface area (Å²) in [6.45, 7) is 4.20. The van der Waals surface area contributed by atoms with E-state index in [4.69, 9.17) is 4.74 Å². The molecule has 1 N–H and O–H groups in total. The number of hydrogen-bond acceptors (Lipinski definition) is 6. The molecule has 1 amide bonds. The first-order valence-electron chi connectivity index (χ1n) is 10.6. The Morgan fingerprint density at radius 3 is 2.61 bits per heavy atom. The predicted molar refractivity (Wildman–Crippen MR) is 119 cm³/mol. The molecule has 3 heterocycles. The molecule has 1 aliphatic rings. The second-order valence-corrected chi connectivity index (χ2v) is 7.66. The Hall–Kier alpha value is -3.42. The molecule has 0 atom stereocenters. The molecule has 0 radical (unpaired) electrons. The van der Waals surface area contributed by atoms with Crippen LogP contribution in [0.25, 0.3) is 11.2 Å². The van der Waals surface area contributed by atoms with Crippen LogP contribution in [0.3, 0.4) is 0 Å². The molecule has 3 aromatic rings. The van der Waals surface area contributed by atoms with E-state index in [9.17, 15) is 9.59 Å². The number of rotatable bonds is 6. The minimum absolute atomic E-state index is 0.0529. The van der Waals surface area contributed by atoms with Crippen LogP contribution < -0.4 is 20.5 Å². The number of ether oxygens (including phenoxy) is 1. The number of carbonyl (C=O) groups excluding carboxylic acids is 1. The van der Waals surface area contributed by atoms with Crippen molar-refractivity contribution in [2.45, 2.75) is 32.9 Å². The molecule has 4 rings (SSSR count). The molecule has 8 heteroatoms. The number of anilines is 1. The molecule has 31 heavy (non-hydrogen) atoms. The van der Waals surface area contributed by atoms with Gasteiger partial charge in [-0.1, -0.05) is 12.1 Å². The van der Waals surface area contributed by atoms with Gasteiger partial charge in [0.15, 0.2) is 11.5 Å². The molecule has 0 spiro atoms. The van der Waals surface area contributed by atoms with Gasteiger partial charge in [0.05, 0.1) is 7.11 Å². The summed E-state index contributed by atoms with van der Waals surface area (Å²) in [5, 5.41) is 3.03. The van der Waals surface area contributed by atoms with Crippen molar-refractivity contribution in [3.05, 3.63) is 58.5 Å². The number of nitrogens with one attached hydrogen (secondary N) is 1. The molecular weight excluding hydrogens is 394 g/mol. The highest BCUT2D eigenvalue weighted by molar-refractivity contribution is 5.79. The van der Waals surface area contributed by atoms with Crippen LogP contribution in [0.5, 0.6) is 5.75 Å². The summed E-state index contributed by atoms with van der Waals surface area (Å²) in [6, 6.07) is 11.4. The van der Waals surface area contributed by atoms with E-state index in [0.717, 1.165) is 11.3 Å². The van der Waals surface area contributed by atoms with Crippen molar-refractivity contribution in [2.75, 3.05) is 25.1 Å². The van der Waals surface area contributed by atoms with Crippen LogP contribution in [-0.2, 0) is 17.9 Å². The molecule has 0 aliphatic carbocycles. The summed E-state index contributed by atoms with van der Waals surface area (Å²) in [5.74, 6) is 1.23. The molecule has 0 unspecified atom stereocenters. The van der Waals surface area contributed by atoms with Gasteiger partial charge < -0.3 is 15.0 Å². The molecular formula is C23H27N5O3. The highest BCUT2D eigenvalue weighted by Gasteiger charge is 2.27. The minimum Gasteiger partial charge on any atom is -0.497 e. The summed E-state index contributed by atoms with van der Waals surface area (Å²) >= 11 is 0. The van der Waals surface area contributed by atoms with Crippen LogP contribution in [0.4, 0.5) is 5.82 Å². The van der Waals surface area contributed by atoms with Crippen molar-refractivity contribution in [3.63, 3.8) is 0 Å². The maximum absolute atomic E-state index is 13.0. The second-order valence-electron chi connectivity index (χ2n) is 7.66. The molecule has 162 valence electrons. The number of pyridine rings is 1. The standard InChI is InChI=1S/C23H27N5O3/c1-3-28-20-19(5-4-12-24-20)26-21(23(28)30)27-13-10-17(11-14-27)22(29)25-15-16-6-8-18(31-2)9-7-16/h4-9,12,17H,3,10-11,13-15H2,1-2H3,(H,25,29). The zero-order valence-electron chi connectivity index (χ0n) is 17.9. The number of piperidine rings is 1. The van der Waals surface area contributed by atoms with Crippen molar-refractivity contribution < 1.29 is 9.53 Å². The van der Waals surface area contributed by atoms with Gasteiger partial charge in [-0.15, -0.1) is 0 Å². The fourth-order valence-corrected chi connectivity index (χ4v) is 3.99. The second kappa shape index (κ2) is 9.16. The molecule has 1 aliphatic heterocycles. The first-order valence-corrected chi connectivity index (χ1v) is 10.6. The zero-order chi connectivity index (χ0) is 21.8. The van der Waals surface area contributed by atoms with E-state index in [1.54, 1.807) is 17.9 Å². The smallest absolute Gasteiger partial charge is 0.295 e. The third-order valence-electron chi connectivity index (χ3n) is 5.79. The first-order chi connectivity index (χ1) is 15.1. The third-order valence-corrected chi connectivity index (χ3v) is 5.79. The summed E-state index contributed by atoms with van der Waals surface area (Å²) in [7, 11) is 1.63. The third kappa shape index (κ3) is 4.38. The lowest BCUT2D eigenvalue weighted by Crippen LogP contribution is -2.43. The van der Waals surface area contributed by atoms with Gasteiger partial charge >= 0.3 is 0 Å². The van der Waals surface area contributed by atoms with Gasteiger partial charge in [0.1, 0.15) is 11.3 Å². The van der Waals surface area contributed by atoms with Gasteiger partial charge in [0.25, 0.3) is 5.56 Å². The lowest BCUT2D eigenvalue weighted by atomic mass is 9.96. The topological polar surface area (TPSA) is 89.4 Å². The van der Waals surface area contributed by atoms with Gasteiger partial charge in [0.2, 0.25) is 5.91 Å². The van der Waals surface area contributed by atoms with E-state index < -0.39 is 0 Å². The Bertz CT molecular complexity index is 1120. The molecule has 8 nitrogen and oxygen atoms in total. The summed E-state index contributed by atoms with van der Waals surface area (Å²) in [4.78, 5) is 36.5. The van der Waals surface area contributed by atoms with Crippen molar-refractivity contribution in [1.82, 2.24) is 19.9 Å². The van der Waals surface area contributed by atoms with E-state index in [1.165, 1.54) is 0 Å². The normalized spacial score (nSPS) is 14.6. The van der Waals surface area contributed by atoms with Gasteiger partial charge in [-0.3, -0.25) is 14.2 Å². The van der Waals surface area contributed by atoms with Gasteiger partial charge in [-0.2, -0.15) is 0 Å². The number of benzene rings is 1. The van der Waals surface area contributed by atoms with Gasteiger partial charge in [0, 0.05) is 38.3 Å². The van der Waals surface area contributed by atoms with Crippen LogP contribution in [0.2, 0.25) is 0 Å². The van der Waals surface area contributed by atoms with Crippen LogP contribution in [0, 0.1) is 5.92 Å². The monoisotopic (exact) mass is 421 g/mol. The maximum Gasteiger partial charge on any atom is 0.295 e. The fourth-order valence-electron chi connectivity index (χ4n) is 3.99. The van der Waals surface area contributed by atoms with Crippen molar-refractivity contribution in [2.24, 2.45) is 5.92 Å². The number of fused-ring (bicyclic) bond motifs is 1. The van der Waals surface area contributed by atoms with E-state index in [-0.39, 0.29) is 17.4 Å². The molecule has 0 saturated carbocycles. The minimum atomic E-state index is -0.129. The number of amides is 1.